The Morgan fingerprint density at radius 2 is 0.726 bits per heavy atom. The van der Waals surface area contributed by atoms with Crippen LogP contribution in [0.25, 0.3) is 123 Å². The highest BCUT2D eigenvalue weighted by atomic mass is 19.4. The van der Waals surface area contributed by atoms with Crippen molar-refractivity contribution in [3.63, 3.8) is 0 Å². The van der Waals surface area contributed by atoms with E-state index in [1.54, 1.807) is 72.9 Å². The fourth-order valence-electron chi connectivity index (χ4n) is 11.1. The van der Waals surface area contributed by atoms with Crippen molar-refractivity contribution in [2.45, 2.75) is 24.7 Å². The molecule has 0 aliphatic heterocycles. The highest BCUT2D eigenvalue weighted by Gasteiger charge is 2.40. The van der Waals surface area contributed by atoms with Gasteiger partial charge in [0.2, 0.25) is 0 Å². The lowest BCUT2D eigenvalue weighted by Crippen LogP contribution is -2.12. The molecule has 0 unspecified atom stereocenters. The molecule has 0 aliphatic carbocycles. The third-order valence-corrected chi connectivity index (χ3v) is 14.8. The van der Waals surface area contributed by atoms with Crippen LogP contribution in [0.4, 0.5) is 52.7 Å². The summed E-state index contributed by atoms with van der Waals surface area (Å²) in [5, 5.41) is 2.06. The van der Waals surface area contributed by atoms with Crippen LogP contribution in [0.2, 0.25) is 0 Å². The van der Waals surface area contributed by atoms with Crippen LogP contribution < -0.4 is 0 Å². The summed E-state index contributed by atoms with van der Waals surface area (Å²) in [6, 6.07) is 53.8. The number of para-hydroxylation sites is 2. The number of nitrogens with zero attached hydrogens (tertiary/aromatic N) is 6. The summed E-state index contributed by atoms with van der Waals surface area (Å²) in [5.74, 6) is 0.843. The number of benzene rings is 9. The normalized spacial score (nSPS) is 12.5. The molecule has 0 amide bonds. The van der Waals surface area contributed by atoms with E-state index in [0.29, 0.717) is 107 Å². The third-order valence-electron chi connectivity index (χ3n) is 14.8. The molecule has 4 aromatic heterocycles. The van der Waals surface area contributed by atoms with Crippen molar-refractivity contribution < 1.29 is 52.7 Å². The van der Waals surface area contributed by atoms with E-state index in [-0.39, 0.29) is 29.1 Å². The van der Waals surface area contributed by atoms with Gasteiger partial charge in [0.05, 0.1) is 61.4 Å². The Bertz CT molecular complexity index is 4670. The molecule has 414 valence electrons. The first-order valence-corrected chi connectivity index (χ1v) is 25.8. The maximum absolute atomic E-state index is 14.8. The number of halogens is 12. The lowest BCUT2D eigenvalue weighted by molar-refractivity contribution is -0.144. The minimum absolute atomic E-state index is 0.00183. The second kappa shape index (κ2) is 19.8. The second-order valence-corrected chi connectivity index (χ2v) is 19.8. The summed E-state index contributed by atoms with van der Waals surface area (Å²) in [4.78, 5) is 20.3. The minimum atomic E-state index is -5.16. The van der Waals surface area contributed by atoms with Crippen LogP contribution in [-0.4, -0.2) is 29.1 Å². The molecule has 0 atom stereocenters. The maximum atomic E-state index is 14.8. The van der Waals surface area contributed by atoms with Gasteiger partial charge in [0, 0.05) is 50.0 Å². The predicted molar refractivity (Wildman–Crippen MR) is 299 cm³/mol. The van der Waals surface area contributed by atoms with E-state index in [4.69, 9.17) is 19.9 Å². The van der Waals surface area contributed by atoms with Crippen LogP contribution in [0, 0.1) is 0 Å². The summed E-state index contributed by atoms with van der Waals surface area (Å²) in [6.45, 7) is 0. The minimum Gasteiger partial charge on any atom is -0.309 e. The first-order chi connectivity index (χ1) is 40.2. The highest BCUT2D eigenvalue weighted by molar-refractivity contribution is 6.13. The van der Waals surface area contributed by atoms with Crippen molar-refractivity contribution in [2.75, 3.05) is 0 Å². The third kappa shape index (κ3) is 9.32. The Labute approximate surface area is 468 Å². The van der Waals surface area contributed by atoms with Gasteiger partial charge in [-0.2, -0.15) is 52.7 Å². The zero-order chi connectivity index (χ0) is 58.5. The van der Waals surface area contributed by atoms with Gasteiger partial charge in [-0.3, -0.25) is 4.98 Å². The summed E-state index contributed by atoms with van der Waals surface area (Å²) in [6.07, 6.45) is -18.8. The SMILES string of the molecule is FC(F)(F)c1ccc(-c2ccc3c(c2)c2ccccc2n3-c2cccnc2-c2c(-c3nc(-c4ccccc4)nc(-c4ccccc4)n3)cccc2-n2c3ccccc3c3cc(-c4ccc(C(F)(F)F)cc4C(F)(F)F)ccc32)c(C(F)(F)F)c1. The molecule has 0 saturated carbocycles. The predicted octanol–water partition coefficient (Wildman–Crippen LogP) is 19.5. The Kier molecular flexibility index (Phi) is 12.6. The largest absolute Gasteiger partial charge is 0.417 e. The quantitative estimate of drug-likeness (QED) is 0.142. The van der Waals surface area contributed by atoms with Crippen LogP contribution in [0.15, 0.2) is 219 Å². The van der Waals surface area contributed by atoms with Gasteiger partial charge in [0.1, 0.15) is 0 Å². The van der Waals surface area contributed by atoms with E-state index < -0.39 is 58.1 Å². The van der Waals surface area contributed by atoms with Gasteiger partial charge in [0.25, 0.3) is 0 Å². The average Bonchev–Trinajstić information content (AvgIpc) is 2.81. The molecule has 0 bridgehead atoms. The number of aromatic nitrogens is 6. The summed E-state index contributed by atoms with van der Waals surface area (Å²) >= 11 is 0. The van der Waals surface area contributed by atoms with Gasteiger partial charge in [-0.15, -0.1) is 0 Å². The van der Waals surface area contributed by atoms with E-state index in [9.17, 15) is 52.7 Å². The molecular weight excluding hydrogens is 1100 g/mol. The summed E-state index contributed by atoms with van der Waals surface area (Å²) in [7, 11) is 0. The van der Waals surface area contributed by atoms with E-state index in [1.807, 2.05) is 94.1 Å². The van der Waals surface area contributed by atoms with E-state index in [0.717, 1.165) is 12.1 Å². The molecule has 84 heavy (non-hydrogen) atoms. The van der Waals surface area contributed by atoms with Crippen molar-refractivity contribution in [3.8, 4) is 79.0 Å². The smallest absolute Gasteiger partial charge is 0.309 e. The number of pyridine rings is 1. The zero-order valence-corrected chi connectivity index (χ0v) is 43.0. The first kappa shape index (κ1) is 53.2. The van der Waals surface area contributed by atoms with E-state index in [2.05, 4.69) is 0 Å². The van der Waals surface area contributed by atoms with Gasteiger partial charge < -0.3 is 9.13 Å². The van der Waals surface area contributed by atoms with Gasteiger partial charge in [-0.25, -0.2) is 15.0 Å². The molecule has 13 aromatic rings. The summed E-state index contributed by atoms with van der Waals surface area (Å²) in [5.41, 5.74) is -1.24. The topological polar surface area (TPSA) is 61.4 Å². The van der Waals surface area contributed by atoms with Gasteiger partial charge >= 0.3 is 24.7 Å². The number of rotatable bonds is 8. The Morgan fingerprint density at radius 3 is 1.20 bits per heavy atom. The molecular formula is C66H36F12N6. The van der Waals surface area contributed by atoms with Crippen LogP contribution in [-0.2, 0) is 24.7 Å². The molecule has 4 heterocycles. The summed E-state index contributed by atoms with van der Waals surface area (Å²) < 4.78 is 175. The van der Waals surface area contributed by atoms with Crippen LogP contribution >= 0.6 is 0 Å². The number of alkyl halides is 12. The fraction of sp³-hybridized carbons (Fsp3) is 0.0606. The van der Waals surface area contributed by atoms with Crippen LogP contribution in [0.3, 0.4) is 0 Å². The molecule has 0 radical (unpaired) electrons. The van der Waals surface area contributed by atoms with Crippen molar-refractivity contribution in [1.82, 2.24) is 29.1 Å². The van der Waals surface area contributed by atoms with Gasteiger partial charge in [-0.05, 0) is 101 Å². The Morgan fingerprint density at radius 1 is 0.298 bits per heavy atom. The lowest BCUT2D eigenvalue weighted by Gasteiger charge is -2.21. The second-order valence-electron chi connectivity index (χ2n) is 19.8. The van der Waals surface area contributed by atoms with Crippen LogP contribution in [0.1, 0.15) is 22.3 Å². The van der Waals surface area contributed by atoms with Crippen LogP contribution in [0.5, 0.6) is 0 Å². The molecule has 9 aromatic carbocycles. The van der Waals surface area contributed by atoms with Crippen molar-refractivity contribution >= 4 is 43.6 Å². The zero-order valence-electron chi connectivity index (χ0n) is 43.0. The maximum Gasteiger partial charge on any atom is 0.417 e. The van der Waals surface area contributed by atoms with Crippen molar-refractivity contribution in [2.24, 2.45) is 0 Å². The Balaban J connectivity index is 1.10. The number of hydrogen-bond donors (Lipinski definition) is 0. The monoisotopic (exact) mass is 1140 g/mol. The number of fused-ring (bicyclic) bond motifs is 6. The van der Waals surface area contributed by atoms with Gasteiger partial charge in [0.15, 0.2) is 17.5 Å². The standard InChI is InChI=1S/C66H36F12N6/c67-63(68,69)41-26-28-43(50(35-41)65(73,74)75)39-24-30-54-48(33-39)45-17-7-9-20-52(45)83(54)56-22-11-19-47(62-81-60(37-13-3-1-4-14-37)80-61(82-62)38-15-5-2-6-16-38)58(56)59-57(23-12-32-79-59)84-53-21-10-8-18-46(53)49-34-40(25-31-55(49)84)44-29-27-42(64(70,71)72)36-51(44)66(76,77)78/h1-36H. The van der Waals surface area contributed by atoms with E-state index in [1.165, 1.54) is 24.3 Å². The Hall–Kier alpha value is -10.1. The molecule has 13 rings (SSSR count). The highest BCUT2D eigenvalue weighted by Crippen LogP contribution is 2.48. The molecule has 18 heteroatoms. The molecule has 6 nitrogen and oxygen atoms in total. The van der Waals surface area contributed by atoms with Gasteiger partial charge in [-0.1, -0.05) is 133 Å². The van der Waals surface area contributed by atoms with Crippen molar-refractivity contribution in [3.05, 3.63) is 241 Å². The molecule has 0 fully saturated rings. The average molecular weight is 1140 g/mol. The molecule has 0 aliphatic rings. The fourth-order valence-corrected chi connectivity index (χ4v) is 11.1. The molecule has 0 N–H and O–H groups in total. The molecule has 0 spiro atoms. The van der Waals surface area contributed by atoms with Crippen molar-refractivity contribution in [1.29, 1.82) is 0 Å². The lowest BCUT2D eigenvalue weighted by atomic mass is 9.95. The van der Waals surface area contributed by atoms with E-state index >= 15 is 0 Å². The number of hydrogen-bond acceptors (Lipinski definition) is 4. The first-order valence-electron chi connectivity index (χ1n) is 25.8. The molecule has 0 saturated heterocycles.